The van der Waals surface area contributed by atoms with Gasteiger partial charge in [0.1, 0.15) is 11.5 Å². The zero-order chi connectivity index (χ0) is 16.8. The van der Waals surface area contributed by atoms with Crippen LogP contribution in [-0.4, -0.2) is 19.1 Å². The lowest BCUT2D eigenvalue weighted by Crippen LogP contribution is -2.15. The van der Waals surface area contributed by atoms with Crippen molar-refractivity contribution in [1.82, 2.24) is 0 Å². The molecule has 0 fully saturated rings. The number of carbonyl (C=O) groups is 1. The van der Waals surface area contributed by atoms with Crippen LogP contribution < -0.4 is 20.5 Å². The van der Waals surface area contributed by atoms with Gasteiger partial charge in [-0.2, -0.15) is 0 Å². The SMILES string of the molecule is COc1ccc(N)c(NC(=O)Cc2cccc(OC(C)C)c2)c1. The highest BCUT2D eigenvalue weighted by molar-refractivity contribution is 5.95. The number of anilines is 2. The van der Waals surface area contributed by atoms with Crippen molar-refractivity contribution >= 4 is 17.3 Å². The summed E-state index contributed by atoms with van der Waals surface area (Å²) in [4.78, 5) is 12.2. The average molecular weight is 314 g/mol. The van der Waals surface area contributed by atoms with Gasteiger partial charge in [0, 0.05) is 6.07 Å². The van der Waals surface area contributed by atoms with Gasteiger partial charge in [0.15, 0.2) is 0 Å². The monoisotopic (exact) mass is 314 g/mol. The summed E-state index contributed by atoms with van der Waals surface area (Å²) in [5, 5.41) is 2.81. The third-order valence-electron chi connectivity index (χ3n) is 3.17. The predicted octanol–water partition coefficient (Wildman–Crippen LogP) is 3.25. The Kier molecular flexibility index (Phi) is 5.46. The van der Waals surface area contributed by atoms with E-state index in [9.17, 15) is 4.79 Å². The van der Waals surface area contributed by atoms with Gasteiger partial charge in [-0.25, -0.2) is 0 Å². The lowest BCUT2D eigenvalue weighted by molar-refractivity contribution is -0.115. The highest BCUT2D eigenvalue weighted by atomic mass is 16.5. The number of hydrogen-bond acceptors (Lipinski definition) is 4. The van der Waals surface area contributed by atoms with Crippen LogP contribution in [0.3, 0.4) is 0 Å². The van der Waals surface area contributed by atoms with E-state index in [1.807, 2.05) is 38.1 Å². The summed E-state index contributed by atoms with van der Waals surface area (Å²) in [5.74, 6) is 1.25. The maximum atomic E-state index is 12.2. The largest absolute Gasteiger partial charge is 0.497 e. The van der Waals surface area contributed by atoms with Gasteiger partial charge in [-0.05, 0) is 43.7 Å². The Hall–Kier alpha value is -2.69. The Morgan fingerprint density at radius 2 is 1.96 bits per heavy atom. The van der Waals surface area contributed by atoms with Crippen LogP contribution in [0, 0.1) is 0 Å². The summed E-state index contributed by atoms with van der Waals surface area (Å²) >= 11 is 0. The summed E-state index contributed by atoms with van der Waals surface area (Å²) < 4.78 is 10.8. The molecule has 0 saturated heterocycles. The molecule has 0 aliphatic heterocycles. The summed E-state index contributed by atoms with van der Waals surface area (Å²) in [6.07, 6.45) is 0.335. The highest BCUT2D eigenvalue weighted by Crippen LogP contribution is 2.24. The topological polar surface area (TPSA) is 73.6 Å². The van der Waals surface area contributed by atoms with Crippen LogP contribution in [0.4, 0.5) is 11.4 Å². The van der Waals surface area contributed by atoms with Crippen molar-refractivity contribution in [1.29, 1.82) is 0 Å². The van der Waals surface area contributed by atoms with E-state index in [1.165, 1.54) is 0 Å². The van der Waals surface area contributed by atoms with Crippen LogP contribution in [0.1, 0.15) is 19.4 Å². The van der Waals surface area contributed by atoms with Crippen molar-refractivity contribution in [3.05, 3.63) is 48.0 Å². The molecule has 0 aliphatic rings. The molecule has 0 radical (unpaired) electrons. The minimum Gasteiger partial charge on any atom is -0.497 e. The fraction of sp³-hybridized carbons (Fsp3) is 0.278. The van der Waals surface area contributed by atoms with Crippen molar-refractivity contribution in [3.63, 3.8) is 0 Å². The molecule has 0 heterocycles. The van der Waals surface area contributed by atoms with E-state index in [1.54, 1.807) is 25.3 Å². The zero-order valence-electron chi connectivity index (χ0n) is 13.6. The maximum absolute atomic E-state index is 12.2. The summed E-state index contributed by atoms with van der Waals surface area (Å²) in [5.41, 5.74) is 7.79. The van der Waals surface area contributed by atoms with Gasteiger partial charge in [0.2, 0.25) is 5.91 Å². The number of benzene rings is 2. The van der Waals surface area contributed by atoms with Crippen molar-refractivity contribution < 1.29 is 14.3 Å². The Morgan fingerprint density at radius 3 is 2.65 bits per heavy atom. The molecule has 0 aromatic heterocycles. The quantitative estimate of drug-likeness (QED) is 0.803. The van der Waals surface area contributed by atoms with E-state index >= 15 is 0 Å². The number of methoxy groups -OCH3 is 1. The third-order valence-corrected chi connectivity index (χ3v) is 3.17. The number of ether oxygens (including phenoxy) is 2. The Balaban J connectivity index is 2.05. The number of nitrogen functional groups attached to an aromatic ring is 1. The number of amides is 1. The first-order valence-electron chi connectivity index (χ1n) is 7.47. The van der Waals surface area contributed by atoms with Gasteiger partial charge in [-0.3, -0.25) is 4.79 Å². The van der Waals surface area contributed by atoms with Gasteiger partial charge in [0.25, 0.3) is 0 Å². The van der Waals surface area contributed by atoms with Gasteiger partial charge >= 0.3 is 0 Å². The fourth-order valence-corrected chi connectivity index (χ4v) is 2.15. The van der Waals surface area contributed by atoms with Crippen molar-refractivity contribution in [2.45, 2.75) is 26.4 Å². The van der Waals surface area contributed by atoms with Crippen LogP contribution in [0.15, 0.2) is 42.5 Å². The third kappa shape index (κ3) is 4.92. The van der Waals surface area contributed by atoms with E-state index in [-0.39, 0.29) is 18.4 Å². The molecule has 2 aromatic rings. The molecule has 5 nitrogen and oxygen atoms in total. The molecule has 0 unspecified atom stereocenters. The van der Waals surface area contributed by atoms with Crippen LogP contribution >= 0.6 is 0 Å². The van der Waals surface area contributed by atoms with E-state index in [0.717, 1.165) is 11.3 Å². The van der Waals surface area contributed by atoms with E-state index in [2.05, 4.69) is 5.32 Å². The molecule has 0 atom stereocenters. The van der Waals surface area contributed by atoms with Crippen LogP contribution in [-0.2, 0) is 11.2 Å². The van der Waals surface area contributed by atoms with Crippen LogP contribution in [0.5, 0.6) is 11.5 Å². The number of hydrogen-bond donors (Lipinski definition) is 2. The first-order valence-corrected chi connectivity index (χ1v) is 7.47. The first-order chi connectivity index (χ1) is 11.0. The maximum Gasteiger partial charge on any atom is 0.228 e. The number of rotatable bonds is 6. The summed E-state index contributed by atoms with van der Waals surface area (Å²) in [6.45, 7) is 3.93. The van der Waals surface area contributed by atoms with Crippen LogP contribution in [0.25, 0.3) is 0 Å². The molecule has 23 heavy (non-hydrogen) atoms. The second-order valence-electron chi connectivity index (χ2n) is 5.49. The summed E-state index contributed by atoms with van der Waals surface area (Å²) in [6, 6.07) is 12.7. The molecule has 0 spiro atoms. The fourth-order valence-electron chi connectivity index (χ4n) is 2.15. The molecule has 2 rings (SSSR count). The van der Waals surface area contributed by atoms with Gasteiger partial charge in [-0.1, -0.05) is 12.1 Å². The Bertz CT molecular complexity index is 684. The molecule has 0 saturated carbocycles. The number of carbonyl (C=O) groups excluding carboxylic acids is 1. The number of nitrogens with two attached hydrogens (primary N) is 1. The predicted molar refractivity (Wildman–Crippen MR) is 91.9 cm³/mol. The van der Waals surface area contributed by atoms with Crippen molar-refractivity contribution in [3.8, 4) is 11.5 Å². The zero-order valence-corrected chi connectivity index (χ0v) is 13.6. The summed E-state index contributed by atoms with van der Waals surface area (Å²) in [7, 11) is 1.57. The normalized spacial score (nSPS) is 10.4. The van der Waals surface area contributed by atoms with Crippen molar-refractivity contribution in [2.24, 2.45) is 0 Å². The second kappa shape index (κ2) is 7.54. The van der Waals surface area contributed by atoms with Crippen molar-refractivity contribution in [2.75, 3.05) is 18.2 Å². The molecule has 0 aliphatic carbocycles. The molecule has 5 heteroatoms. The molecular weight excluding hydrogens is 292 g/mol. The van der Waals surface area contributed by atoms with Gasteiger partial charge in [0.05, 0.1) is 31.0 Å². The van der Waals surface area contributed by atoms with E-state index in [4.69, 9.17) is 15.2 Å². The molecule has 3 N–H and O–H groups in total. The Morgan fingerprint density at radius 1 is 1.17 bits per heavy atom. The molecule has 0 bridgehead atoms. The lowest BCUT2D eigenvalue weighted by atomic mass is 10.1. The van der Waals surface area contributed by atoms with Crippen LogP contribution in [0.2, 0.25) is 0 Å². The molecule has 122 valence electrons. The van der Waals surface area contributed by atoms with Gasteiger partial charge in [-0.15, -0.1) is 0 Å². The first kappa shape index (κ1) is 16.7. The van der Waals surface area contributed by atoms with Gasteiger partial charge < -0.3 is 20.5 Å². The minimum absolute atomic E-state index is 0.0932. The van der Waals surface area contributed by atoms with E-state index < -0.39 is 0 Å². The molecule has 2 aromatic carbocycles. The van der Waals surface area contributed by atoms with E-state index in [0.29, 0.717) is 17.1 Å². The smallest absolute Gasteiger partial charge is 0.228 e. The number of nitrogens with one attached hydrogen (secondary N) is 1. The minimum atomic E-state index is -0.147. The second-order valence-corrected chi connectivity index (χ2v) is 5.49. The standard InChI is InChI=1S/C18H22N2O3/c1-12(2)23-15-6-4-5-13(9-15)10-18(21)20-17-11-14(22-3)7-8-16(17)19/h4-9,11-12H,10,19H2,1-3H3,(H,20,21). The average Bonchev–Trinajstić information content (AvgIpc) is 2.49. The highest BCUT2D eigenvalue weighted by Gasteiger charge is 2.09. The lowest BCUT2D eigenvalue weighted by Gasteiger charge is -2.12. The molecular formula is C18H22N2O3. The Labute approximate surface area is 136 Å². The molecule has 1 amide bonds.